The Bertz CT molecular complexity index is 1180. The van der Waals surface area contributed by atoms with Gasteiger partial charge in [-0.3, -0.25) is 0 Å². The minimum absolute atomic E-state index is 0.151. The molecule has 1 saturated heterocycles. The quantitative estimate of drug-likeness (QED) is 0.562. The van der Waals surface area contributed by atoms with Crippen LogP contribution in [-0.2, 0) is 14.8 Å². The van der Waals surface area contributed by atoms with Crippen LogP contribution in [0.25, 0.3) is 10.9 Å². The van der Waals surface area contributed by atoms with Crippen LogP contribution in [0.4, 0.5) is 10.2 Å². The summed E-state index contributed by atoms with van der Waals surface area (Å²) in [6.45, 7) is 2.72. The summed E-state index contributed by atoms with van der Waals surface area (Å²) in [7, 11) is -3.92. The Morgan fingerprint density at radius 3 is 2.67 bits per heavy atom. The Morgan fingerprint density at radius 2 is 1.93 bits per heavy atom. The van der Waals surface area contributed by atoms with Gasteiger partial charge in [0, 0.05) is 26.2 Å². The number of anilines is 1. The summed E-state index contributed by atoms with van der Waals surface area (Å²) in [4.78, 5) is 21.8. The maximum atomic E-state index is 14.3. The number of esters is 1. The number of aromatic nitrogens is 2. The van der Waals surface area contributed by atoms with Crippen molar-refractivity contribution >= 4 is 32.7 Å². The summed E-state index contributed by atoms with van der Waals surface area (Å²) in [5.41, 5.74) is 0.483. The highest BCUT2D eigenvalue weighted by atomic mass is 32.2. The largest absolute Gasteiger partial charge is 0.460 e. The molecule has 4 rings (SSSR count). The predicted molar refractivity (Wildman–Crippen MR) is 105 cm³/mol. The highest BCUT2D eigenvalue weighted by Gasteiger charge is 2.32. The lowest BCUT2D eigenvalue weighted by Crippen LogP contribution is -2.49. The van der Waals surface area contributed by atoms with Crippen LogP contribution in [0.3, 0.4) is 0 Å². The van der Waals surface area contributed by atoms with Crippen molar-refractivity contribution in [3.8, 4) is 0 Å². The molecule has 1 fully saturated rings. The van der Waals surface area contributed by atoms with Gasteiger partial charge in [-0.15, -0.1) is 0 Å². The zero-order valence-electron chi connectivity index (χ0n) is 16.1. The highest BCUT2D eigenvalue weighted by molar-refractivity contribution is 7.89. The second-order valence-electron chi connectivity index (χ2n) is 6.56. The van der Waals surface area contributed by atoms with E-state index in [4.69, 9.17) is 9.15 Å². The lowest BCUT2D eigenvalue weighted by atomic mass is 10.2. The van der Waals surface area contributed by atoms with E-state index in [0.717, 1.165) is 0 Å². The van der Waals surface area contributed by atoms with Crippen LogP contribution in [0.2, 0.25) is 0 Å². The van der Waals surface area contributed by atoms with E-state index in [2.05, 4.69) is 9.97 Å². The van der Waals surface area contributed by atoms with E-state index in [9.17, 15) is 17.6 Å². The van der Waals surface area contributed by atoms with Crippen molar-refractivity contribution in [1.29, 1.82) is 0 Å². The Labute approximate surface area is 172 Å². The van der Waals surface area contributed by atoms with Gasteiger partial charge in [-0.2, -0.15) is 4.31 Å². The molecule has 0 amide bonds. The third kappa shape index (κ3) is 3.61. The van der Waals surface area contributed by atoms with Gasteiger partial charge in [0.1, 0.15) is 18.0 Å². The molecule has 0 atom stereocenters. The smallest absolute Gasteiger partial charge is 0.374 e. The molecule has 9 nitrogen and oxygen atoms in total. The first-order valence-corrected chi connectivity index (χ1v) is 10.8. The summed E-state index contributed by atoms with van der Waals surface area (Å²) >= 11 is 0. The summed E-state index contributed by atoms with van der Waals surface area (Å²) in [6.07, 6.45) is 1.36. The summed E-state index contributed by atoms with van der Waals surface area (Å²) in [6, 6.07) is 7.13. The number of furan rings is 1. The zero-order chi connectivity index (χ0) is 21.3. The fraction of sp³-hybridized carbons (Fsp3) is 0.316. The summed E-state index contributed by atoms with van der Waals surface area (Å²) < 4.78 is 51.4. The SMILES string of the molecule is CCOC(=O)c1ccc(S(=O)(=O)N2CCN(c3ncnc4cccc(F)c34)CC2)o1. The molecular formula is C19H19FN4O5S. The van der Waals surface area contributed by atoms with E-state index in [1.54, 1.807) is 19.1 Å². The number of rotatable bonds is 5. The van der Waals surface area contributed by atoms with Gasteiger partial charge >= 0.3 is 5.97 Å². The molecule has 1 aliphatic rings. The van der Waals surface area contributed by atoms with Crippen molar-refractivity contribution in [3.05, 3.63) is 48.2 Å². The Morgan fingerprint density at radius 1 is 1.17 bits per heavy atom. The Hall–Kier alpha value is -3.05. The van der Waals surface area contributed by atoms with E-state index in [1.807, 2.05) is 4.90 Å². The van der Waals surface area contributed by atoms with Crippen molar-refractivity contribution in [1.82, 2.24) is 14.3 Å². The minimum atomic E-state index is -3.92. The minimum Gasteiger partial charge on any atom is -0.460 e. The molecule has 0 N–H and O–H groups in total. The lowest BCUT2D eigenvalue weighted by Gasteiger charge is -2.34. The van der Waals surface area contributed by atoms with Gasteiger partial charge in [0.15, 0.2) is 0 Å². The third-order valence-corrected chi connectivity index (χ3v) is 6.56. The lowest BCUT2D eigenvalue weighted by molar-refractivity contribution is 0.0483. The number of hydrogen-bond acceptors (Lipinski definition) is 8. The van der Waals surface area contributed by atoms with Crippen molar-refractivity contribution < 1.29 is 26.8 Å². The first-order valence-electron chi connectivity index (χ1n) is 9.33. The van der Waals surface area contributed by atoms with Crippen LogP contribution in [0, 0.1) is 5.82 Å². The molecule has 2 aromatic heterocycles. The summed E-state index contributed by atoms with van der Waals surface area (Å²) in [5, 5.41) is -0.0149. The molecule has 1 aliphatic heterocycles. The maximum absolute atomic E-state index is 14.3. The topological polar surface area (TPSA) is 106 Å². The number of ether oxygens (including phenoxy) is 1. The molecule has 158 valence electrons. The molecular weight excluding hydrogens is 415 g/mol. The van der Waals surface area contributed by atoms with Gasteiger partial charge in [-0.05, 0) is 31.2 Å². The van der Waals surface area contributed by atoms with Gasteiger partial charge in [-0.1, -0.05) is 6.07 Å². The van der Waals surface area contributed by atoms with Gasteiger partial charge in [0.05, 0.1) is 17.5 Å². The molecule has 0 unspecified atom stereocenters. The maximum Gasteiger partial charge on any atom is 0.374 e. The highest BCUT2D eigenvalue weighted by Crippen LogP contribution is 2.28. The molecule has 3 heterocycles. The standard InChI is InChI=1S/C19H19FN4O5S/c1-2-28-19(25)15-6-7-16(29-15)30(26,27)24-10-8-23(9-11-24)18-17-13(20)4-3-5-14(17)21-12-22-18/h3-7,12H,2,8-11H2,1H3. The number of sulfonamides is 1. The second kappa shape index (κ2) is 8.00. The molecule has 0 spiro atoms. The monoisotopic (exact) mass is 434 g/mol. The first-order chi connectivity index (χ1) is 14.4. The van der Waals surface area contributed by atoms with Crippen molar-refractivity contribution in [2.24, 2.45) is 0 Å². The van der Waals surface area contributed by atoms with E-state index >= 15 is 0 Å². The fourth-order valence-electron chi connectivity index (χ4n) is 3.33. The molecule has 11 heteroatoms. The van der Waals surface area contributed by atoms with Crippen LogP contribution in [0.1, 0.15) is 17.5 Å². The molecule has 0 radical (unpaired) electrons. The van der Waals surface area contributed by atoms with E-state index in [-0.39, 0.29) is 30.5 Å². The number of fused-ring (bicyclic) bond motifs is 1. The number of halogens is 1. The van der Waals surface area contributed by atoms with Crippen molar-refractivity contribution in [3.63, 3.8) is 0 Å². The third-order valence-electron chi connectivity index (χ3n) is 4.78. The van der Waals surface area contributed by atoms with Gasteiger partial charge in [0.2, 0.25) is 10.9 Å². The normalized spacial score (nSPS) is 15.5. The number of nitrogens with zero attached hydrogens (tertiary/aromatic N) is 4. The molecule has 30 heavy (non-hydrogen) atoms. The average Bonchev–Trinajstić information content (AvgIpc) is 3.25. The van der Waals surface area contributed by atoms with E-state index < -0.39 is 21.8 Å². The second-order valence-corrected chi connectivity index (χ2v) is 8.43. The fourth-order valence-corrected chi connectivity index (χ4v) is 4.66. The number of carbonyl (C=O) groups is 1. The van der Waals surface area contributed by atoms with Crippen LogP contribution in [0.15, 0.2) is 46.2 Å². The Kier molecular flexibility index (Phi) is 5.39. The molecule has 0 bridgehead atoms. The van der Waals surface area contributed by atoms with Gasteiger partial charge in [-0.25, -0.2) is 27.6 Å². The van der Waals surface area contributed by atoms with Crippen LogP contribution in [-0.4, -0.2) is 61.4 Å². The molecule has 0 saturated carbocycles. The Balaban J connectivity index is 1.52. The van der Waals surface area contributed by atoms with E-state index in [1.165, 1.54) is 28.8 Å². The van der Waals surface area contributed by atoms with Crippen LogP contribution in [0.5, 0.6) is 0 Å². The number of hydrogen-bond donors (Lipinski definition) is 0. The average molecular weight is 434 g/mol. The number of carbonyl (C=O) groups excluding carboxylic acids is 1. The molecule has 1 aromatic carbocycles. The molecule has 3 aromatic rings. The molecule has 0 aliphatic carbocycles. The van der Waals surface area contributed by atoms with Gasteiger partial charge in [0.25, 0.3) is 10.0 Å². The number of piperazine rings is 1. The number of benzene rings is 1. The summed E-state index contributed by atoms with van der Waals surface area (Å²) in [5.74, 6) is -0.892. The van der Waals surface area contributed by atoms with E-state index in [0.29, 0.717) is 29.8 Å². The zero-order valence-corrected chi connectivity index (χ0v) is 16.9. The first kappa shape index (κ1) is 20.2. The van der Waals surface area contributed by atoms with Crippen LogP contribution < -0.4 is 4.90 Å². The predicted octanol–water partition coefficient (Wildman–Crippen LogP) is 2.05. The van der Waals surface area contributed by atoms with Gasteiger partial charge < -0.3 is 14.1 Å². The van der Waals surface area contributed by atoms with Crippen LogP contribution >= 0.6 is 0 Å². The van der Waals surface area contributed by atoms with Crippen molar-refractivity contribution in [2.45, 2.75) is 12.0 Å². The van der Waals surface area contributed by atoms with Crippen molar-refractivity contribution in [2.75, 3.05) is 37.7 Å².